The molecule has 2 rings (SSSR count). The number of rotatable bonds is 5. The van der Waals surface area contributed by atoms with Gasteiger partial charge in [0.25, 0.3) is 0 Å². The molecular formula is C17H19ClFNO. The second kappa shape index (κ2) is 6.92. The van der Waals surface area contributed by atoms with Crippen molar-refractivity contribution in [3.05, 3.63) is 64.4 Å². The fourth-order valence-electron chi connectivity index (χ4n) is 2.20. The van der Waals surface area contributed by atoms with Crippen molar-refractivity contribution in [3.8, 4) is 5.75 Å². The van der Waals surface area contributed by atoms with E-state index in [1.165, 1.54) is 12.1 Å². The van der Waals surface area contributed by atoms with Crippen LogP contribution >= 0.6 is 11.6 Å². The van der Waals surface area contributed by atoms with Crippen LogP contribution in [-0.4, -0.2) is 6.04 Å². The molecule has 0 radical (unpaired) electrons. The third kappa shape index (κ3) is 3.74. The van der Waals surface area contributed by atoms with Gasteiger partial charge >= 0.3 is 0 Å². The first-order chi connectivity index (χ1) is 10.0. The molecule has 0 aliphatic rings. The highest BCUT2D eigenvalue weighted by Gasteiger charge is 2.22. The Labute approximate surface area is 129 Å². The predicted molar refractivity (Wildman–Crippen MR) is 84.2 cm³/mol. The van der Waals surface area contributed by atoms with Crippen LogP contribution in [0.1, 0.15) is 30.6 Å². The number of benzene rings is 2. The van der Waals surface area contributed by atoms with Gasteiger partial charge in [-0.3, -0.25) is 0 Å². The molecule has 2 aromatic carbocycles. The van der Waals surface area contributed by atoms with E-state index in [0.29, 0.717) is 5.75 Å². The fourth-order valence-corrected chi connectivity index (χ4v) is 2.32. The highest BCUT2D eigenvalue weighted by Crippen LogP contribution is 2.29. The monoisotopic (exact) mass is 307 g/mol. The molecule has 0 spiro atoms. The lowest BCUT2D eigenvalue weighted by molar-refractivity contribution is 0.169. The van der Waals surface area contributed by atoms with Gasteiger partial charge in [0.15, 0.2) is 0 Å². The molecule has 0 fully saturated rings. The summed E-state index contributed by atoms with van der Waals surface area (Å²) in [5, 5.41) is 0.0783. The van der Waals surface area contributed by atoms with Crippen LogP contribution in [0, 0.1) is 12.7 Å². The van der Waals surface area contributed by atoms with Gasteiger partial charge in [0, 0.05) is 12.1 Å². The summed E-state index contributed by atoms with van der Waals surface area (Å²) in [6.07, 6.45) is 0.437. The Bertz CT molecular complexity index is 617. The van der Waals surface area contributed by atoms with Crippen LogP contribution in [-0.2, 0) is 0 Å². The van der Waals surface area contributed by atoms with Gasteiger partial charge < -0.3 is 10.5 Å². The zero-order valence-corrected chi connectivity index (χ0v) is 12.9. The molecular weight excluding hydrogens is 289 g/mol. The molecule has 0 aliphatic heterocycles. The lowest BCUT2D eigenvalue weighted by Gasteiger charge is -2.26. The molecule has 0 bridgehead atoms. The van der Waals surface area contributed by atoms with Gasteiger partial charge in [0.2, 0.25) is 0 Å². The van der Waals surface area contributed by atoms with Gasteiger partial charge in [-0.1, -0.05) is 42.8 Å². The van der Waals surface area contributed by atoms with E-state index < -0.39 is 5.82 Å². The Morgan fingerprint density at radius 3 is 2.57 bits per heavy atom. The highest BCUT2D eigenvalue weighted by molar-refractivity contribution is 6.30. The summed E-state index contributed by atoms with van der Waals surface area (Å²) in [5.74, 6) is -0.0724. The molecule has 0 heterocycles. The van der Waals surface area contributed by atoms with E-state index in [0.717, 1.165) is 17.5 Å². The normalized spacial score (nSPS) is 13.8. The SMILES string of the molecule is CCC(N)C(Oc1ccc(Cl)c(F)c1)c1ccccc1C. The molecule has 112 valence electrons. The summed E-state index contributed by atoms with van der Waals surface area (Å²) in [5.41, 5.74) is 8.30. The second-order valence-electron chi connectivity index (χ2n) is 5.04. The van der Waals surface area contributed by atoms with Gasteiger partial charge in [-0.05, 0) is 36.6 Å². The van der Waals surface area contributed by atoms with Crippen LogP contribution in [0.5, 0.6) is 5.75 Å². The van der Waals surface area contributed by atoms with Gasteiger partial charge in [-0.25, -0.2) is 4.39 Å². The topological polar surface area (TPSA) is 35.2 Å². The summed E-state index contributed by atoms with van der Waals surface area (Å²) in [6.45, 7) is 4.01. The summed E-state index contributed by atoms with van der Waals surface area (Å²) < 4.78 is 19.5. The first kappa shape index (κ1) is 15.8. The molecule has 2 unspecified atom stereocenters. The van der Waals surface area contributed by atoms with Crippen molar-refractivity contribution in [2.45, 2.75) is 32.4 Å². The molecule has 21 heavy (non-hydrogen) atoms. The number of hydrogen-bond acceptors (Lipinski definition) is 2. The molecule has 2 nitrogen and oxygen atoms in total. The molecule has 0 aliphatic carbocycles. The van der Waals surface area contributed by atoms with Gasteiger partial charge in [-0.15, -0.1) is 0 Å². The van der Waals surface area contributed by atoms with Gasteiger partial charge in [0.1, 0.15) is 17.7 Å². The van der Waals surface area contributed by atoms with Crippen molar-refractivity contribution in [2.24, 2.45) is 5.73 Å². The summed E-state index contributed by atoms with van der Waals surface area (Å²) in [7, 11) is 0. The zero-order chi connectivity index (χ0) is 15.4. The van der Waals surface area contributed by atoms with Crippen molar-refractivity contribution >= 4 is 11.6 Å². The molecule has 2 N–H and O–H groups in total. The summed E-state index contributed by atoms with van der Waals surface area (Å²) in [4.78, 5) is 0. The lowest BCUT2D eigenvalue weighted by atomic mass is 9.97. The van der Waals surface area contributed by atoms with E-state index in [2.05, 4.69) is 0 Å². The van der Waals surface area contributed by atoms with E-state index in [1.54, 1.807) is 6.07 Å². The number of hydrogen-bond donors (Lipinski definition) is 1. The first-order valence-corrected chi connectivity index (χ1v) is 7.33. The van der Waals surface area contributed by atoms with Crippen LogP contribution in [0.25, 0.3) is 0 Å². The van der Waals surface area contributed by atoms with E-state index in [1.807, 2.05) is 38.1 Å². The Hall–Kier alpha value is -1.58. The molecule has 0 saturated heterocycles. The average molecular weight is 308 g/mol. The molecule has 2 aromatic rings. The minimum atomic E-state index is -0.497. The first-order valence-electron chi connectivity index (χ1n) is 6.95. The zero-order valence-electron chi connectivity index (χ0n) is 12.1. The number of nitrogens with two attached hydrogens (primary N) is 1. The average Bonchev–Trinajstić information content (AvgIpc) is 2.48. The molecule has 0 aromatic heterocycles. The number of aryl methyl sites for hydroxylation is 1. The van der Waals surface area contributed by atoms with Crippen molar-refractivity contribution in [1.29, 1.82) is 0 Å². The molecule has 0 saturated carbocycles. The largest absolute Gasteiger partial charge is 0.484 e. The van der Waals surface area contributed by atoms with Crippen LogP contribution < -0.4 is 10.5 Å². The Morgan fingerprint density at radius 2 is 1.95 bits per heavy atom. The van der Waals surface area contributed by atoms with Crippen LogP contribution in [0.15, 0.2) is 42.5 Å². The third-order valence-electron chi connectivity index (χ3n) is 3.51. The maximum atomic E-state index is 13.6. The lowest BCUT2D eigenvalue weighted by Crippen LogP contribution is -2.32. The smallest absolute Gasteiger partial charge is 0.145 e. The third-order valence-corrected chi connectivity index (χ3v) is 3.82. The Kier molecular flexibility index (Phi) is 5.21. The van der Waals surface area contributed by atoms with Crippen molar-refractivity contribution < 1.29 is 9.13 Å². The van der Waals surface area contributed by atoms with E-state index in [4.69, 9.17) is 22.1 Å². The van der Waals surface area contributed by atoms with Crippen molar-refractivity contribution in [3.63, 3.8) is 0 Å². The number of ether oxygens (including phenoxy) is 1. The quantitative estimate of drug-likeness (QED) is 0.873. The molecule has 0 amide bonds. The Morgan fingerprint density at radius 1 is 1.24 bits per heavy atom. The fraction of sp³-hybridized carbons (Fsp3) is 0.294. The van der Waals surface area contributed by atoms with Crippen molar-refractivity contribution in [2.75, 3.05) is 0 Å². The van der Waals surface area contributed by atoms with Crippen LogP contribution in [0.4, 0.5) is 4.39 Å². The highest BCUT2D eigenvalue weighted by atomic mass is 35.5. The predicted octanol–water partition coefficient (Wildman–Crippen LogP) is 4.64. The van der Waals surface area contributed by atoms with Crippen molar-refractivity contribution in [1.82, 2.24) is 0 Å². The maximum absolute atomic E-state index is 13.6. The minimum Gasteiger partial charge on any atom is -0.484 e. The standard InChI is InChI=1S/C17H19ClFNO/c1-3-16(20)17(13-7-5-4-6-11(13)2)21-12-8-9-14(18)15(19)10-12/h4-10,16-17H,3,20H2,1-2H3. The number of halogens is 2. The Balaban J connectivity index is 2.33. The van der Waals surface area contributed by atoms with E-state index in [-0.39, 0.29) is 17.2 Å². The van der Waals surface area contributed by atoms with Crippen LogP contribution in [0.3, 0.4) is 0 Å². The second-order valence-corrected chi connectivity index (χ2v) is 5.45. The van der Waals surface area contributed by atoms with E-state index in [9.17, 15) is 4.39 Å². The summed E-state index contributed by atoms with van der Waals surface area (Å²) >= 11 is 5.69. The summed E-state index contributed by atoms with van der Waals surface area (Å²) in [6, 6.07) is 12.2. The van der Waals surface area contributed by atoms with Crippen LogP contribution in [0.2, 0.25) is 5.02 Å². The van der Waals surface area contributed by atoms with E-state index >= 15 is 0 Å². The van der Waals surface area contributed by atoms with Gasteiger partial charge in [-0.2, -0.15) is 0 Å². The minimum absolute atomic E-state index is 0.0783. The maximum Gasteiger partial charge on any atom is 0.145 e. The van der Waals surface area contributed by atoms with Gasteiger partial charge in [0.05, 0.1) is 5.02 Å². The molecule has 4 heteroatoms. The molecule has 2 atom stereocenters.